The molecule has 124 valence electrons. The molecular formula is C19H13FN2OS2. The summed E-state index contributed by atoms with van der Waals surface area (Å²) < 4.78 is 15.6. The van der Waals surface area contributed by atoms with Crippen molar-refractivity contribution >= 4 is 56.9 Å². The maximum atomic E-state index is 13.1. The number of halogens is 1. The summed E-state index contributed by atoms with van der Waals surface area (Å²) in [5.41, 5.74) is 2.64. The fourth-order valence-electron chi connectivity index (χ4n) is 2.91. The molecule has 0 spiro atoms. The van der Waals surface area contributed by atoms with E-state index in [0.717, 1.165) is 16.5 Å². The number of rotatable bonds is 2. The number of para-hydroxylation sites is 1. The van der Waals surface area contributed by atoms with Gasteiger partial charge in [0.1, 0.15) is 5.82 Å². The first-order valence-corrected chi connectivity index (χ1v) is 8.84. The topological polar surface area (TPSA) is 25.2 Å². The Morgan fingerprint density at radius 3 is 2.60 bits per heavy atom. The minimum absolute atomic E-state index is 0.186. The van der Waals surface area contributed by atoms with Gasteiger partial charge in [-0.3, -0.25) is 9.69 Å². The molecule has 0 aliphatic carbocycles. The number of carbonyl (C=O) groups is 1. The van der Waals surface area contributed by atoms with E-state index in [1.54, 1.807) is 12.1 Å². The molecule has 25 heavy (non-hydrogen) atoms. The Kier molecular flexibility index (Phi) is 3.94. The van der Waals surface area contributed by atoms with Crippen LogP contribution in [0, 0.1) is 5.82 Å². The Morgan fingerprint density at radius 2 is 1.84 bits per heavy atom. The molecule has 6 heteroatoms. The first-order chi connectivity index (χ1) is 12.0. The fourth-order valence-corrected chi connectivity index (χ4v) is 4.20. The molecule has 1 aromatic heterocycles. The van der Waals surface area contributed by atoms with Crippen LogP contribution in [0.25, 0.3) is 17.0 Å². The van der Waals surface area contributed by atoms with Gasteiger partial charge in [-0.25, -0.2) is 4.39 Å². The molecule has 0 radical (unpaired) electrons. The number of benzene rings is 2. The zero-order chi connectivity index (χ0) is 17.6. The molecule has 2 heterocycles. The van der Waals surface area contributed by atoms with Gasteiger partial charge in [0, 0.05) is 29.7 Å². The van der Waals surface area contributed by atoms with E-state index in [-0.39, 0.29) is 11.7 Å². The molecule has 0 bridgehead atoms. The maximum Gasteiger partial charge on any atom is 0.270 e. The number of anilines is 1. The first-order valence-electron chi connectivity index (χ1n) is 7.62. The van der Waals surface area contributed by atoms with E-state index < -0.39 is 0 Å². The van der Waals surface area contributed by atoms with Crippen LogP contribution >= 0.6 is 24.0 Å². The summed E-state index contributed by atoms with van der Waals surface area (Å²) >= 11 is 6.61. The van der Waals surface area contributed by atoms with Gasteiger partial charge in [0.25, 0.3) is 5.91 Å². The molecule has 1 saturated heterocycles. The van der Waals surface area contributed by atoms with E-state index >= 15 is 0 Å². The third-order valence-electron chi connectivity index (χ3n) is 4.09. The predicted molar refractivity (Wildman–Crippen MR) is 105 cm³/mol. The maximum absolute atomic E-state index is 13.1. The first kappa shape index (κ1) is 16.1. The Hall–Kier alpha value is -2.44. The van der Waals surface area contributed by atoms with Crippen molar-refractivity contribution in [2.45, 2.75) is 0 Å². The van der Waals surface area contributed by atoms with Gasteiger partial charge < -0.3 is 4.57 Å². The summed E-state index contributed by atoms with van der Waals surface area (Å²) in [5, 5.41) is 1.08. The molecule has 1 aliphatic rings. The van der Waals surface area contributed by atoms with Crippen LogP contribution in [-0.2, 0) is 11.8 Å². The lowest BCUT2D eigenvalue weighted by Gasteiger charge is -2.14. The molecule has 2 aromatic carbocycles. The monoisotopic (exact) mass is 368 g/mol. The molecule has 1 amide bonds. The number of thioether (sulfide) groups is 1. The van der Waals surface area contributed by atoms with Crippen molar-refractivity contribution in [3.63, 3.8) is 0 Å². The zero-order valence-electron chi connectivity index (χ0n) is 13.3. The van der Waals surface area contributed by atoms with Gasteiger partial charge in [-0.1, -0.05) is 42.2 Å². The van der Waals surface area contributed by atoms with Crippen molar-refractivity contribution in [2.75, 3.05) is 4.90 Å². The Labute approximate surface area is 153 Å². The van der Waals surface area contributed by atoms with E-state index in [2.05, 4.69) is 0 Å². The summed E-state index contributed by atoms with van der Waals surface area (Å²) in [4.78, 5) is 14.8. The number of hydrogen-bond acceptors (Lipinski definition) is 3. The highest BCUT2D eigenvalue weighted by Crippen LogP contribution is 2.37. The van der Waals surface area contributed by atoms with E-state index in [4.69, 9.17) is 12.2 Å². The normalized spacial score (nSPS) is 16.4. The van der Waals surface area contributed by atoms with Crippen LogP contribution in [0.3, 0.4) is 0 Å². The van der Waals surface area contributed by atoms with Crippen molar-refractivity contribution in [2.24, 2.45) is 7.05 Å². The third-order valence-corrected chi connectivity index (χ3v) is 5.40. The van der Waals surface area contributed by atoms with Crippen molar-refractivity contribution in [3.8, 4) is 0 Å². The number of carbonyl (C=O) groups excluding carboxylic acids is 1. The van der Waals surface area contributed by atoms with Gasteiger partial charge in [0.05, 0.1) is 10.6 Å². The van der Waals surface area contributed by atoms with E-state index in [9.17, 15) is 9.18 Å². The Morgan fingerprint density at radius 1 is 1.12 bits per heavy atom. The SMILES string of the molecule is Cn1cc(/C=C2\SC(=S)N(c3ccc(F)cc3)C2=O)c2ccccc21. The van der Waals surface area contributed by atoms with Gasteiger partial charge in [0.15, 0.2) is 4.32 Å². The highest BCUT2D eigenvalue weighted by molar-refractivity contribution is 8.27. The molecule has 0 saturated carbocycles. The number of amides is 1. The largest absolute Gasteiger partial charge is 0.350 e. The Balaban J connectivity index is 1.74. The molecule has 0 unspecified atom stereocenters. The van der Waals surface area contributed by atoms with Gasteiger partial charge in [-0.05, 0) is 36.4 Å². The van der Waals surface area contributed by atoms with Gasteiger partial charge in [-0.2, -0.15) is 0 Å². The summed E-state index contributed by atoms with van der Waals surface area (Å²) in [5.74, 6) is -0.532. The second-order valence-corrected chi connectivity index (χ2v) is 7.38. The molecule has 0 atom stereocenters. The van der Waals surface area contributed by atoms with Crippen molar-refractivity contribution in [3.05, 3.63) is 71.0 Å². The predicted octanol–water partition coefficient (Wildman–Crippen LogP) is 4.72. The third kappa shape index (κ3) is 2.77. The van der Waals surface area contributed by atoms with E-state index in [1.807, 2.05) is 48.2 Å². The molecular weight excluding hydrogens is 355 g/mol. The molecule has 3 aromatic rings. The molecule has 4 rings (SSSR count). The van der Waals surface area contributed by atoms with Crippen molar-refractivity contribution in [1.82, 2.24) is 4.57 Å². The number of thiocarbonyl (C=S) groups is 1. The smallest absolute Gasteiger partial charge is 0.270 e. The van der Waals surface area contributed by atoms with Crippen LogP contribution < -0.4 is 4.90 Å². The number of fused-ring (bicyclic) bond motifs is 1. The van der Waals surface area contributed by atoms with Crippen LogP contribution in [0.5, 0.6) is 0 Å². The quantitative estimate of drug-likeness (QED) is 0.483. The highest BCUT2D eigenvalue weighted by atomic mass is 32.2. The van der Waals surface area contributed by atoms with Crippen LogP contribution in [0.4, 0.5) is 10.1 Å². The number of aromatic nitrogens is 1. The van der Waals surface area contributed by atoms with Gasteiger partial charge >= 0.3 is 0 Å². The van der Waals surface area contributed by atoms with Crippen LogP contribution in [0.2, 0.25) is 0 Å². The summed E-state index contributed by atoms with van der Waals surface area (Å²) in [6.45, 7) is 0. The minimum Gasteiger partial charge on any atom is -0.350 e. The lowest BCUT2D eigenvalue weighted by Crippen LogP contribution is -2.27. The van der Waals surface area contributed by atoms with Gasteiger partial charge in [0.2, 0.25) is 0 Å². The lowest BCUT2D eigenvalue weighted by molar-refractivity contribution is -0.113. The van der Waals surface area contributed by atoms with Gasteiger partial charge in [-0.15, -0.1) is 0 Å². The second-order valence-electron chi connectivity index (χ2n) is 5.71. The molecule has 0 N–H and O–H groups in total. The number of hydrogen-bond donors (Lipinski definition) is 0. The number of aryl methyl sites for hydroxylation is 1. The van der Waals surface area contributed by atoms with E-state index in [1.165, 1.54) is 28.8 Å². The summed E-state index contributed by atoms with van der Waals surface area (Å²) in [7, 11) is 1.98. The molecule has 1 fully saturated rings. The standard InChI is InChI=1S/C19H13FN2OS2/c1-21-11-12(15-4-2-3-5-16(15)21)10-17-18(23)22(19(24)25-17)14-8-6-13(20)7-9-14/h2-11H,1H3/b17-10-. The lowest BCUT2D eigenvalue weighted by atomic mass is 10.1. The minimum atomic E-state index is -0.347. The second kappa shape index (κ2) is 6.13. The Bertz CT molecular complexity index is 1040. The highest BCUT2D eigenvalue weighted by Gasteiger charge is 2.33. The average molecular weight is 368 g/mol. The van der Waals surface area contributed by atoms with Crippen LogP contribution in [-0.4, -0.2) is 14.8 Å². The summed E-state index contributed by atoms with van der Waals surface area (Å²) in [6.07, 6.45) is 3.86. The van der Waals surface area contributed by atoms with Crippen molar-refractivity contribution < 1.29 is 9.18 Å². The average Bonchev–Trinajstić information content (AvgIpc) is 3.06. The van der Waals surface area contributed by atoms with Crippen molar-refractivity contribution in [1.29, 1.82) is 0 Å². The zero-order valence-corrected chi connectivity index (χ0v) is 14.9. The van der Waals surface area contributed by atoms with Crippen LogP contribution in [0.1, 0.15) is 5.56 Å². The fraction of sp³-hybridized carbons (Fsp3) is 0.0526. The van der Waals surface area contributed by atoms with Crippen LogP contribution in [0.15, 0.2) is 59.6 Å². The summed E-state index contributed by atoms with van der Waals surface area (Å²) in [6, 6.07) is 13.8. The van der Waals surface area contributed by atoms with E-state index in [0.29, 0.717) is 14.9 Å². The molecule has 1 aliphatic heterocycles. The number of nitrogens with zero attached hydrogens (tertiary/aromatic N) is 2. The molecule has 3 nitrogen and oxygen atoms in total.